The van der Waals surface area contributed by atoms with Crippen molar-refractivity contribution in [3.05, 3.63) is 47.3 Å². The Labute approximate surface area is 124 Å². The smallest absolute Gasteiger partial charge is 0.338 e. The topological polar surface area (TPSA) is 64.3 Å². The van der Waals surface area contributed by atoms with Gasteiger partial charge >= 0.3 is 5.97 Å². The number of unbranched alkanes of at least 4 members (excludes halogenated alkanes) is 1. The van der Waals surface area contributed by atoms with Crippen molar-refractivity contribution in [2.75, 3.05) is 6.61 Å². The zero-order chi connectivity index (χ0) is 15.2. The summed E-state index contributed by atoms with van der Waals surface area (Å²) in [7, 11) is 0. The van der Waals surface area contributed by atoms with E-state index < -0.39 is 0 Å². The van der Waals surface area contributed by atoms with Gasteiger partial charge in [-0.2, -0.15) is 5.10 Å². The molecule has 2 aromatic rings. The number of carbonyl (C=O) groups is 1. The molecular formula is C16H20N2O3. The molecule has 1 heterocycles. The zero-order valence-corrected chi connectivity index (χ0v) is 12.4. The first-order valence-corrected chi connectivity index (χ1v) is 7.09. The van der Waals surface area contributed by atoms with Gasteiger partial charge in [-0.1, -0.05) is 19.4 Å². The average molecular weight is 288 g/mol. The summed E-state index contributed by atoms with van der Waals surface area (Å²) >= 11 is 0. The number of nitrogens with zero attached hydrogens (tertiary/aromatic N) is 2. The maximum absolute atomic E-state index is 11.9. The molecule has 1 aromatic carbocycles. The van der Waals surface area contributed by atoms with Crippen molar-refractivity contribution in [3.8, 4) is 5.69 Å². The van der Waals surface area contributed by atoms with Crippen LogP contribution in [0.5, 0.6) is 0 Å². The summed E-state index contributed by atoms with van der Waals surface area (Å²) < 4.78 is 6.86. The Bertz CT molecular complexity index is 620. The van der Waals surface area contributed by atoms with Crippen molar-refractivity contribution in [2.45, 2.75) is 33.3 Å². The van der Waals surface area contributed by atoms with Crippen molar-refractivity contribution >= 4 is 5.97 Å². The molecule has 0 amide bonds. The summed E-state index contributed by atoms with van der Waals surface area (Å²) in [6, 6.07) is 7.11. The minimum atomic E-state index is -0.323. The maximum atomic E-state index is 11.9. The van der Waals surface area contributed by atoms with Crippen LogP contribution < -0.4 is 0 Å². The second kappa shape index (κ2) is 7.04. The standard InChI is InChI=1S/C16H20N2O3/c1-3-4-8-21-16(20)13-6-5-7-15(9-13)18-10-14(11-19)12(2)17-18/h5-7,9-10,19H,3-4,8,11H2,1-2H3. The fourth-order valence-electron chi connectivity index (χ4n) is 1.95. The quantitative estimate of drug-likeness (QED) is 0.655. The highest BCUT2D eigenvalue weighted by atomic mass is 16.5. The zero-order valence-electron chi connectivity index (χ0n) is 12.4. The number of benzene rings is 1. The monoisotopic (exact) mass is 288 g/mol. The van der Waals surface area contributed by atoms with Crippen LogP contribution >= 0.6 is 0 Å². The van der Waals surface area contributed by atoms with E-state index >= 15 is 0 Å². The lowest BCUT2D eigenvalue weighted by Crippen LogP contribution is -2.07. The first-order valence-electron chi connectivity index (χ1n) is 7.09. The number of hydrogen-bond donors (Lipinski definition) is 1. The van der Waals surface area contributed by atoms with Crippen LogP contribution in [0.15, 0.2) is 30.5 Å². The Morgan fingerprint density at radius 2 is 2.24 bits per heavy atom. The van der Waals surface area contributed by atoms with Crippen LogP contribution in [0.2, 0.25) is 0 Å². The van der Waals surface area contributed by atoms with E-state index in [9.17, 15) is 9.90 Å². The van der Waals surface area contributed by atoms with Gasteiger partial charge in [0.2, 0.25) is 0 Å². The summed E-state index contributed by atoms with van der Waals surface area (Å²) in [5, 5.41) is 13.5. The van der Waals surface area contributed by atoms with Gasteiger partial charge in [0.15, 0.2) is 0 Å². The molecular weight excluding hydrogens is 268 g/mol. The number of hydrogen-bond acceptors (Lipinski definition) is 4. The Hall–Kier alpha value is -2.14. The lowest BCUT2D eigenvalue weighted by Gasteiger charge is -2.06. The van der Waals surface area contributed by atoms with E-state index in [1.54, 1.807) is 29.1 Å². The molecule has 0 aliphatic rings. The van der Waals surface area contributed by atoms with Crippen LogP contribution in [0.1, 0.15) is 41.4 Å². The van der Waals surface area contributed by atoms with Gasteiger partial charge in [0.25, 0.3) is 0 Å². The van der Waals surface area contributed by atoms with Gasteiger partial charge in [-0.15, -0.1) is 0 Å². The molecule has 0 atom stereocenters. The molecule has 1 aromatic heterocycles. The van der Waals surface area contributed by atoms with Crippen LogP contribution in [0.4, 0.5) is 0 Å². The largest absolute Gasteiger partial charge is 0.462 e. The summed E-state index contributed by atoms with van der Waals surface area (Å²) in [6.07, 6.45) is 3.62. The van der Waals surface area contributed by atoms with Crippen LogP contribution in [0, 0.1) is 6.92 Å². The van der Waals surface area contributed by atoms with E-state index in [0.717, 1.165) is 29.8 Å². The van der Waals surface area contributed by atoms with Crippen molar-refractivity contribution in [3.63, 3.8) is 0 Å². The van der Waals surface area contributed by atoms with Crippen molar-refractivity contribution in [1.29, 1.82) is 0 Å². The van der Waals surface area contributed by atoms with Gasteiger partial charge in [0.1, 0.15) is 0 Å². The molecule has 0 bridgehead atoms. The number of aliphatic hydroxyl groups is 1. The first kappa shape index (κ1) is 15.3. The van der Waals surface area contributed by atoms with E-state index in [-0.39, 0.29) is 12.6 Å². The van der Waals surface area contributed by atoms with E-state index in [1.807, 2.05) is 19.9 Å². The highest BCUT2D eigenvalue weighted by Crippen LogP contribution is 2.14. The molecule has 2 rings (SSSR count). The summed E-state index contributed by atoms with van der Waals surface area (Å²) in [5.41, 5.74) is 2.81. The molecule has 1 N–H and O–H groups in total. The fraction of sp³-hybridized carbons (Fsp3) is 0.375. The number of ether oxygens (including phenoxy) is 1. The third kappa shape index (κ3) is 3.70. The molecule has 5 nitrogen and oxygen atoms in total. The Kier molecular flexibility index (Phi) is 5.11. The van der Waals surface area contributed by atoms with Gasteiger partial charge in [0.05, 0.1) is 30.2 Å². The van der Waals surface area contributed by atoms with Gasteiger partial charge in [-0.05, 0) is 31.5 Å². The predicted molar refractivity (Wildman–Crippen MR) is 79.4 cm³/mol. The minimum absolute atomic E-state index is 0.0510. The summed E-state index contributed by atoms with van der Waals surface area (Å²) in [6.45, 7) is 4.28. The molecule has 0 radical (unpaired) electrons. The number of aryl methyl sites for hydroxylation is 1. The second-order valence-electron chi connectivity index (χ2n) is 4.88. The summed E-state index contributed by atoms with van der Waals surface area (Å²) in [5.74, 6) is -0.323. The normalized spacial score (nSPS) is 10.6. The van der Waals surface area contributed by atoms with E-state index in [2.05, 4.69) is 5.10 Å². The van der Waals surface area contributed by atoms with E-state index in [4.69, 9.17) is 4.74 Å². The van der Waals surface area contributed by atoms with Crippen LogP contribution in [-0.2, 0) is 11.3 Å². The van der Waals surface area contributed by atoms with Gasteiger partial charge in [0, 0.05) is 11.8 Å². The Morgan fingerprint density at radius 1 is 1.43 bits per heavy atom. The minimum Gasteiger partial charge on any atom is -0.462 e. The molecule has 21 heavy (non-hydrogen) atoms. The highest BCUT2D eigenvalue weighted by Gasteiger charge is 2.10. The lowest BCUT2D eigenvalue weighted by molar-refractivity contribution is 0.0499. The Morgan fingerprint density at radius 3 is 2.90 bits per heavy atom. The molecule has 0 spiro atoms. The molecule has 112 valence electrons. The SMILES string of the molecule is CCCCOC(=O)c1cccc(-n2cc(CO)c(C)n2)c1. The number of esters is 1. The first-order chi connectivity index (χ1) is 10.2. The van der Waals surface area contributed by atoms with Crippen LogP contribution in [0.25, 0.3) is 5.69 Å². The molecule has 0 aliphatic carbocycles. The van der Waals surface area contributed by atoms with Gasteiger partial charge < -0.3 is 9.84 Å². The number of rotatable bonds is 6. The van der Waals surface area contributed by atoms with Crippen molar-refractivity contribution in [1.82, 2.24) is 9.78 Å². The van der Waals surface area contributed by atoms with E-state index in [0.29, 0.717) is 12.2 Å². The number of carbonyl (C=O) groups excluding carboxylic acids is 1. The second-order valence-corrected chi connectivity index (χ2v) is 4.88. The van der Waals surface area contributed by atoms with Gasteiger partial charge in [-0.25, -0.2) is 9.48 Å². The van der Waals surface area contributed by atoms with Crippen LogP contribution in [-0.4, -0.2) is 27.5 Å². The van der Waals surface area contributed by atoms with E-state index in [1.165, 1.54) is 0 Å². The highest BCUT2D eigenvalue weighted by molar-refractivity contribution is 5.90. The summed E-state index contributed by atoms with van der Waals surface area (Å²) in [4.78, 5) is 11.9. The molecule has 0 fully saturated rings. The van der Waals surface area contributed by atoms with Crippen molar-refractivity contribution in [2.24, 2.45) is 0 Å². The lowest BCUT2D eigenvalue weighted by atomic mass is 10.2. The molecule has 0 unspecified atom stereocenters. The van der Waals surface area contributed by atoms with Crippen LogP contribution in [0.3, 0.4) is 0 Å². The fourth-order valence-corrected chi connectivity index (χ4v) is 1.95. The van der Waals surface area contributed by atoms with Crippen molar-refractivity contribution < 1.29 is 14.6 Å². The molecule has 5 heteroatoms. The number of aliphatic hydroxyl groups excluding tert-OH is 1. The molecule has 0 saturated carbocycles. The number of aromatic nitrogens is 2. The average Bonchev–Trinajstić information content (AvgIpc) is 2.88. The maximum Gasteiger partial charge on any atom is 0.338 e. The molecule has 0 aliphatic heterocycles. The Balaban J connectivity index is 2.18. The predicted octanol–water partition coefficient (Wildman–Crippen LogP) is 2.63. The third-order valence-electron chi connectivity index (χ3n) is 3.25. The third-order valence-corrected chi connectivity index (χ3v) is 3.25. The van der Waals surface area contributed by atoms with Gasteiger partial charge in [-0.3, -0.25) is 0 Å². The molecule has 0 saturated heterocycles.